The molecule has 124 valence electrons. The van der Waals surface area contributed by atoms with Crippen LogP contribution in [0.25, 0.3) is 11.3 Å². The monoisotopic (exact) mass is 344 g/mol. The van der Waals surface area contributed by atoms with Crippen molar-refractivity contribution in [3.8, 4) is 5.69 Å². The fourth-order valence-corrected chi connectivity index (χ4v) is 3.15. The van der Waals surface area contributed by atoms with Crippen molar-refractivity contribution >= 4 is 17.2 Å². The molecule has 1 aliphatic rings. The van der Waals surface area contributed by atoms with E-state index in [-0.39, 0.29) is 16.9 Å². The maximum Gasteiger partial charge on any atom is 0.350 e. The quantitative estimate of drug-likeness (QED) is 0.733. The van der Waals surface area contributed by atoms with Crippen LogP contribution in [0.5, 0.6) is 0 Å². The maximum atomic E-state index is 12.8. The van der Waals surface area contributed by atoms with Crippen molar-refractivity contribution in [2.45, 2.75) is 32.7 Å². The molecule has 0 bridgehead atoms. The van der Waals surface area contributed by atoms with Gasteiger partial charge in [-0.05, 0) is 49.4 Å². The van der Waals surface area contributed by atoms with Crippen LogP contribution < -0.4 is 11.2 Å². The highest BCUT2D eigenvalue weighted by Gasteiger charge is 2.21. The van der Waals surface area contributed by atoms with Gasteiger partial charge in [0.2, 0.25) is 5.65 Å². The molecule has 0 radical (unpaired) electrons. The van der Waals surface area contributed by atoms with Crippen LogP contribution in [0.3, 0.4) is 0 Å². The summed E-state index contributed by atoms with van der Waals surface area (Å²) in [6.45, 7) is 2.47. The summed E-state index contributed by atoms with van der Waals surface area (Å²) in [6.07, 6.45) is 6.63. The summed E-state index contributed by atoms with van der Waals surface area (Å²) in [5.74, 6) is 0.494. The molecule has 7 heteroatoms. The molecule has 0 amide bonds. The van der Waals surface area contributed by atoms with E-state index in [2.05, 4.69) is 5.10 Å². The van der Waals surface area contributed by atoms with Gasteiger partial charge in [0, 0.05) is 29.6 Å². The Kier molecular flexibility index (Phi) is 3.57. The lowest BCUT2D eigenvalue weighted by atomic mass is 9.86. The van der Waals surface area contributed by atoms with E-state index in [1.807, 2.05) is 13.0 Å². The van der Waals surface area contributed by atoms with E-state index in [1.54, 1.807) is 24.5 Å². The molecular formula is C17H17ClN4O2. The molecule has 0 spiro atoms. The summed E-state index contributed by atoms with van der Waals surface area (Å²) in [6, 6.07) is 5.37. The molecule has 2 aromatic heterocycles. The lowest BCUT2D eigenvalue weighted by molar-refractivity contribution is 0.263. The third kappa shape index (κ3) is 2.38. The van der Waals surface area contributed by atoms with Crippen LogP contribution in [0.15, 0.2) is 40.2 Å². The van der Waals surface area contributed by atoms with E-state index in [9.17, 15) is 9.59 Å². The fourth-order valence-electron chi connectivity index (χ4n) is 3.03. The van der Waals surface area contributed by atoms with Gasteiger partial charge in [0.25, 0.3) is 0 Å². The first-order valence-corrected chi connectivity index (χ1v) is 8.40. The minimum atomic E-state index is -0.316. The third-order valence-electron chi connectivity index (χ3n) is 4.72. The summed E-state index contributed by atoms with van der Waals surface area (Å²) < 4.78 is 4.22. The highest BCUT2D eigenvalue weighted by Crippen LogP contribution is 2.27. The predicted molar refractivity (Wildman–Crippen MR) is 92.1 cm³/mol. The van der Waals surface area contributed by atoms with Gasteiger partial charge >= 0.3 is 11.2 Å². The number of aryl methyl sites for hydroxylation is 1. The number of fused-ring (bicyclic) bond motifs is 1. The summed E-state index contributed by atoms with van der Waals surface area (Å²) in [4.78, 5) is 25.2. The van der Waals surface area contributed by atoms with Crippen LogP contribution >= 0.6 is 11.6 Å². The van der Waals surface area contributed by atoms with Crippen LogP contribution in [-0.2, 0) is 6.54 Å². The topological polar surface area (TPSA) is 61.3 Å². The van der Waals surface area contributed by atoms with Crippen molar-refractivity contribution in [3.63, 3.8) is 0 Å². The van der Waals surface area contributed by atoms with E-state index in [4.69, 9.17) is 11.6 Å². The highest BCUT2D eigenvalue weighted by atomic mass is 35.5. The molecule has 2 heterocycles. The second-order valence-corrected chi connectivity index (χ2v) is 6.77. The summed E-state index contributed by atoms with van der Waals surface area (Å²) in [5.41, 5.74) is 1.16. The molecule has 0 saturated heterocycles. The zero-order valence-corrected chi connectivity index (χ0v) is 14.0. The lowest BCUT2D eigenvalue weighted by Gasteiger charge is -2.24. The van der Waals surface area contributed by atoms with Gasteiger partial charge in [-0.25, -0.2) is 13.9 Å². The van der Waals surface area contributed by atoms with Gasteiger partial charge in [0.05, 0.1) is 0 Å². The van der Waals surface area contributed by atoms with Crippen LogP contribution in [0, 0.1) is 12.8 Å². The number of aromatic nitrogens is 4. The van der Waals surface area contributed by atoms with Gasteiger partial charge < -0.3 is 0 Å². The smallest absolute Gasteiger partial charge is 0.280 e. The molecular weight excluding hydrogens is 328 g/mol. The molecule has 6 nitrogen and oxygen atoms in total. The molecule has 1 aliphatic carbocycles. The van der Waals surface area contributed by atoms with Crippen LogP contribution in [0.4, 0.5) is 0 Å². The van der Waals surface area contributed by atoms with Crippen molar-refractivity contribution in [2.75, 3.05) is 0 Å². The Morgan fingerprint density at radius 1 is 1.25 bits per heavy atom. The van der Waals surface area contributed by atoms with Crippen molar-refractivity contribution in [2.24, 2.45) is 5.92 Å². The van der Waals surface area contributed by atoms with E-state index in [1.165, 1.54) is 20.1 Å². The first kappa shape index (κ1) is 15.2. The molecule has 1 saturated carbocycles. The highest BCUT2D eigenvalue weighted by molar-refractivity contribution is 6.31. The van der Waals surface area contributed by atoms with Crippen molar-refractivity contribution in [3.05, 3.63) is 62.0 Å². The average molecular weight is 345 g/mol. The molecule has 0 N–H and O–H groups in total. The average Bonchev–Trinajstić information content (AvgIpc) is 2.84. The SMILES string of the molecule is Cc1cc(-n2ccn3c(=O)n(CC4CCC4)nc3c2=O)ccc1Cl. The first-order valence-electron chi connectivity index (χ1n) is 8.02. The molecule has 24 heavy (non-hydrogen) atoms. The van der Waals surface area contributed by atoms with Crippen molar-refractivity contribution in [1.82, 2.24) is 18.7 Å². The largest absolute Gasteiger partial charge is 0.350 e. The Labute approximate surface area is 142 Å². The van der Waals surface area contributed by atoms with E-state index >= 15 is 0 Å². The third-order valence-corrected chi connectivity index (χ3v) is 5.15. The second-order valence-electron chi connectivity index (χ2n) is 6.36. The molecule has 4 rings (SSSR count). The number of rotatable bonds is 3. The zero-order chi connectivity index (χ0) is 16.8. The standard InChI is InChI=1S/C17H17ClN4O2/c1-11-9-13(5-6-14(11)18)20-7-8-21-15(16(20)23)19-22(17(21)24)10-12-3-2-4-12/h5-9,12H,2-4,10H2,1H3. The van der Waals surface area contributed by atoms with Crippen LogP contribution in [-0.4, -0.2) is 18.7 Å². The molecule has 0 unspecified atom stereocenters. The van der Waals surface area contributed by atoms with Crippen LogP contribution in [0.1, 0.15) is 24.8 Å². The van der Waals surface area contributed by atoms with Crippen molar-refractivity contribution < 1.29 is 0 Å². The van der Waals surface area contributed by atoms with Gasteiger partial charge in [-0.2, -0.15) is 0 Å². The zero-order valence-electron chi connectivity index (χ0n) is 13.3. The number of halogens is 1. The van der Waals surface area contributed by atoms with Gasteiger partial charge in [-0.15, -0.1) is 5.10 Å². The number of nitrogens with zero attached hydrogens (tertiary/aromatic N) is 4. The van der Waals surface area contributed by atoms with E-state index in [0.717, 1.165) is 18.4 Å². The Balaban J connectivity index is 1.83. The Hall–Kier alpha value is -2.34. The minimum absolute atomic E-state index is 0.148. The lowest BCUT2D eigenvalue weighted by Crippen LogP contribution is -2.28. The van der Waals surface area contributed by atoms with Gasteiger partial charge in [-0.1, -0.05) is 18.0 Å². The number of hydrogen-bond donors (Lipinski definition) is 0. The maximum absolute atomic E-state index is 12.8. The Morgan fingerprint density at radius 2 is 2.04 bits per heavy atom. The van der Waals surface area contributed by atoms with Gasteiger partial charge in [0.1, 0.15) is 0 Å². The van der Waals surface area contributed by atoms with Gasteiger partial charge in [0.15, 0.2) is 0 Å². The molecule has 1 aromatic carbocycles. The van der Waals surface area contributed by atoms with Crippen molar-refractivity contribution in [1.29, 1.82) is 0 Å². The molecule has 0 atom stereocenters. The summed E-state index contributed by atoms with van der Waals surface area (Å²) in [7, 11) is 0. The van der Waals surface area contributed by atoms with Gasteiger partial charge in [-0.3, -0.25) is 9.36 Å². The number of benzene rings is 1. The predicted octanol–water partition coefficient (Wildman–Crippen LogP) is 2.41. The summed E-state index contributed by atoms with van der Waals surface area (Å²) >= 11 is 6.05. The minimum Gasteiger partial charge on any atom is -0.280 e. The first-order chi connectivity index (χ1) is 11.5. The van der Waals surface area contributed by atoms with E-state index in [0.29, 0.717) is 23.2 Å². The fraction of sp³-hybridized carbons (Fsp3) is 0.353. The normalized spacial score (nSPS) is 14.9. The molecule has 3 aromatic rings. The van der Waals surface area contributed by atoms with E-state index < -0.39 is 0 Å². The molecule has 0 aliphatic heterocycles. The second kappa shape index (κ2) is 5.63. The van der Waals surface area contributed by atoms with Crippen LogP contribution in [0.2, 0.25) is 5.02 Å². The Morgan fingerprint density at radius 3 is 2.71 bits per heavy atom. The molecule has 1 fully saturated rings. The number of hydrogen-bond acceptors (Lipinski definition) is 3. The summed E-state index contributed by atoms with van der Waals surface area (Å²) in [5, 5.41) is 4.91. The Bertz CT molecular complexity index is 1040.